The first-order valence-corrected chi connectivity index (χ1v) is 21.0. The fourth-order valence-electron chi connectivity index (χ4n) is 8.66. The van der Waals surface area contributed by atoms with Crippen LogP contribution in [0.1, 0.15) is 71.1 Å². The Bertz CT molecular complexity index is 2110. The van der Waals surface area contributed by atoms with E-state index in [9.17, 15) is 5.26 Å². The Hall–Kier alpha value is -5.36. The van der Waals surface area contributed by atoms with Crippen LogP contribution >= 0.6 is 0 Å². The minimum atomic E-state index is -2.56. The standard InChI is InChI=1S/C48H49N3OSi/c1-46(2,3)44-32-36(43(33-49)50-7)31-37(52-44)24-23-35-29-41-45-42(30-35)48(6,26-28-51(45)27-25-47(41,4)5)34-53(38-17-11-8-12-18-38,39-19-13-9-14-20-39)40-21-15-10-16-22-40/h8-24,29-32H,25-28,34H2,1-6H3/b24-23+,43-36+. The van der Waals surface area contributed by atoms with E-state index in [2.05, 4.69) is 167 Å². The predicted molar refractivity (Wildman–Crippen MR) is 222 cm³/mol. The van der Waals surface area contributed by atoms with Crippen molar-refractivity contribution in [1.29, 1.82) is 5.26 Å². The quantitative estimate of drug-likeness (QED) is 0.0830. The van der Waals surface area contributed by atoms with Crippen LogP contribution in [-0.2, 0) is 15.6 Å². The maximum absolute atomic E-state index is 9.72. The zero-order chi connectivity index (χ0) is 37.4. The molecule has 3 aliphatic rings. The summed E-state index contributed by atoms with van der Waals surface area (Å²) in [6.07, 6.45) is 10.0. The van der Waals surface area contributed by atoms with Crippen molar-refractivity contribution in [3.8, 4) is 6.07 Å². The van der Waals surface area contributed by atoms with Crippen molar-refractivity contribution in [2.75, 3.05) is 18.0 Å². The number of nitrogens with zero attached hydrogens (tertiary/aromatic N) is 3. The molecule has 0 N–H and O–H groups in total. The summed E-state index contributed by atoms with van der Waals surface area (Å²) in [6.45, 7) is 23.3. The van der Waals surface area contributed by atoms with Gasteiger partial charge in [0.05, 0.1) is 12.6 Å². The lowest BCUT2D eigenvalue weighted by atomic mass is 9.69. The Morgan fingerprint density at radius 1 is 0.830 bits per heavy atom. The SMILES string of the molecule is [C-]#[N+]/C(C#N)=C1C=C(/C=C/c2cc3c4c(c2)C(C)(C[Si](c2ccccc2)(c2ccccc2)c2ccccc2)CCN4CCC3(C)C)OC(C(C)(C)C)=C\1. The highest BCUT2D eigenvalue weighted by molar-refractivity contribution is 7.11. The number of hydrogen-bond acceptors (Lipinski definition) is 3. The molecule has 1 unspecified atom stereocenters. The summed E-state index contributed by atoms with van der Waals surface area (Å²) < 4.78 is 6.42. The lowest BCUT2D eigenvalue weighted by Crippen LogP contribution is -2.69. The average molecular weight is 712 g/mol. The second-order valence-electron chi connectivity index (χ2n) is 16.8. The molecule has 4 nitrogen and oxygen atoms in total. The molecular formula is C48H49N3OSi. The van der Waals surface area contributed by atoms with Gasteiger partial charge in [-0.15, -0.1) is 0 Å². The van der Waals surface area contributed by atoms with Crippen molar-refractivity contribution in [3.63, 3.8) is 0 Å². The summed E-state index contributed by atoms with van der Waals surface area (Å²) in [5, 5.41) is 14.0. The van der Waals surface area contributed by atoms with E-state index in [0.29, 0.717) is 11.3 Å². The summed E-state index contributed by atoms with van der Waals surface area (Å²) >= 11 is 0. The van der Waals surface area contributed by atoms with Crippen LogP contribution in [0.4, 0.5) is 5.69 Å². The predicted octanol–water partition coefficient (Wildman–Crippen LogP) is 9.56. The van der Waals surface area contributed by atoms with Crippen LogP contribution in [0.2, 0.25) is 6.04 Å². The van der Waals surface area contributed by atoms with Crippen molar-refractivity contribution in [2.45, 2.75) is 71.3 Å². The average Bonchev–Trinajstić information content (AvgIpc) is 3.17. The van der Waals surface area contributed by atoms with Gasteiger partial charge in [-0.2, -0.15) is 0 Å². The van der Waals surface area contributed by atoms with Crippen LogP contribution in [0.25, 0.3) is 10.9 Å². The fourth-order valence-corrected chi connectivity index (χ4v) is 14.1. The van der Waals surface area contributed by atoms with Crippen LogP contribution in [0, 0.1) is 23.3 Å². The molecule has 5 heteroatoms. The van der Waals surface area contributed by atoms with E-state index in [4.69, 9.17) is 11.3 Å². The first kappa shape index (κ1) is 36.0. The number of allylic oxidation sites excluding steroid dienone is 6. The Morgan fingerprint density at radius 3 is 1.91 bits per heavy atom. The van der Waals surface area contributed by atoms with Gasteiger partial charge in [-0.1, -0.05) is 139 Å². The van der Waals surface area contributed by atoms with Gasteiger partial charge in [-0.05, 0) is 97.9 Å². The molecule has 0 radical (unpaired) electrons. The largest absolute Gasteiger partial charge is 0.461 e. The molecule has 4 aromatic rings. The molecule has 0 spiro atoms. The van der Waals surface area contributed by atoms with Crippen LogP contribution < -0.4 is 20.5 Å². The highest BCUT2D eigenvalue weighted by Gasteiger charge is 2.49. The molecule has 4 aromatic carbocycles. The third-order valence-electron chi connectivity index (χ3n) is 11.7. The fraction of sp³-hybridized carbons (Fsp3) is 0.292. The smallest absolute Gasteiger partial charge is 0.269 e. The van der Waals surface area contributed by atoms with Crippen molar-refractivity contribution < 1.29 is 4.74 Å². The highest BCUT2D eigenvalue weighted by atomic mass is 28.3. The van der Waals surface area contributed by atoms with E-state index in [0.717, 1.165) is 43.3 Å². The van der Waals surface area contributed by atoms with E-state index >= 15 is 0 Å². The van der Waals surface area contributed by atoms with E-state index in [-0.39, 0.29) is 21.9 Å². The van der Waals surface area contributed by atoms with Gasteiger partial charge in [0.1, 0.15) is 19.6 Å². The zero-order valence-electron chi connectivity index (χ0n) is 31.9. The second-order valence-corrected chi connectivity index (χ2v) is 20.7. The molecule has 0 saturated carbocycles. The molecule has 53 heavy (non-hydrogen) atoms. The topological polar surface area (TPSA) is 40.6 Å². The second kappa shape index (κ2) is 13.9. The molecule has 0 aromatic heterocycles. The monoisotopic (exact) mass is 711 g/mol. The summed E-state index contributed by atoms with van der Waals surface area (Å²) in [4.78, 5) is 6.16. The number of nitriles is 1. The molecule has 266 valence electrons. The minimum Gasteiger partial charge on any atom is -0.461 e. The van der Waals surface area contributed by atoms with Gasteiger partial charge >= 0.3 is 0 Å². The van der Waals surface area contributed by atoms with Crippen LogP contribution in [-0.4, -0.2) is 21.2 Å². The molecular weight excluding hydrogens is 663 g/mol. The van der Waals surface area contributed by atoms with E-state index < -0.39 is 8.07 Å². The van der Waals surface area contributed by atoms with E-state index in [1.807, 2.05) is 18.2 Å². The number of anilines is 1. The van der Waals surface area contributed by atoms with Crippen LogP contribution in [0.5, 0.6) is 0 Å². The van der Waals surface area contributed by atoms with Crippen molar-refractivity contribution >= 4 is 35.4 Å². The first-order valence-electron chi connectivity index (χ1n) is 18.8. The van der Waals surface area contributed by atoms with Crippen molar-refractivity contribution in [2.24, 2.45) is 5.41 Å². The van der Waals surface area contributed by atoms with Crippen LogP contribution in [0.15, 0.2) is 144 Å². The summed E-state index contributed by atoms with van der Waals surface area (Å²) in [5.41, 5.74) is 5.69. The first-order chi connectivity index (χ1) is 25.4. The van der Waals surface area contributed by atoms with Gasteiger partial charge in [0.2, 0.25) is 0 Å². The van der Waals surface area contributed by atoms with Gasteiger partial charge < -0.3 is 9.64 Å². The Morgan fingerprint density at radius 2 is 1.38 bits per heavy atom. The number of benzene rings is 4. The number of rotatable bonds is 7. The maximum atomic E-state index is 9.72. The zero-order valence-corrected chi connectivity index (χ0v) is 32.9. The summed E-state index contributed by atoms with van der Waals surface area (Å²) in [7, 11) is -2.56. The minimum absolute atomic E-state index is 0.0193. The molecule has 0 fully saturated rings. The molecule has 0 amide bonds. The van der Waals surface area contributed by atoms with E-state index in [1.54, 1.807) is 0 Å². The molecule has 1 atom stereocenters. The summed E-state index contributed by atoms with van der Waals surface area (Å²) in [6, 6.07) is 41.9. The number of ether oxygens (including phenoxy) is 1. The third-order valence-corrected chi connectivity index (χ3v) is 17.0. The number of hydrogen-bond donors (Lipinski definition) is 0. The molecule has 0 aliphatic carbocycles. The van der Waals surface area contributed by atoms with Crippen molar-refractivity contribution in [3.05, 3.63) is 172 Å². The van der Waals surface area contributed by atoms with Gasteiger partial charge in [0.25, 0.3) is 5.70 Å². The Kier molecular flexibility index (Phi) is 9.44. The van der Waals surface area contributed by atoms with Gasteiger partial charge in [-0.3, -0.25) is 0 Å². The molecule has 7 rings (SSSR count). The molecule has 3 heterocycles. The van der Waals surface area contributed by atoms with E-state index in [1.165, 1.54) is 32.4 Å². The maximum Gasteiger partial charge on any atom is 0.269 e. The van der Waals surface area contributed by atoms with Gasteiger partial charge in [-0.25, -0.2) is 10.1 Å². The normalized spacial score (nSPS) is 20.3. The lowest BCUT2D eigenvalue weighted by Gasteiger charge is -2.51. The van der Waals surface area contributed by atoms with Gasteiger partial charge in [0, 0.05) is 24.2 Å². The van der Waals surface area contributed by atoms with Gasteiger partial charge in [0.15, 0.2) is 0 Å². The molecule has 0 saturated heterocycles. The Labute approximate surface area is 317 Å². The molecule has 3 aliphatic heterocycles. The van der Waals surface area contributed by atoms with Crippen LogP contribution in [0.3, 0.4) is 0 Å². The third kappa shape index (κ3) is 6.71. The molecule has 0 bridgehead atoms. The highest BCUT2D eigenvalue weighted by Crippen LogP contribution is 2.52. The summed E-state index contributed by atoms with van der Waals surface area (Å²) in [5.74, 6) is 1.36. The Balaban J connectivity index is 1.40. The lowest BCUT2D eigenvalue weighted by molar-refractivity contribution is 0.223. The van der Waals surface area contributed by atoms with Crippen molar-refractivity contribution in [1.82, 2.24) is 0 Å².